The van der Waals surface area contributed by atoms with Gasteiger partial charge in [-0.05, 0) is 30.3 Å². The van der Waals surface area contributed by atoms with Gasteiger partial charge in [-0.25, -0.2) is 9.59 Å². The smallest absolute Gasteiger partial charge is 0.351 e. The maximum Gasteiger partial charge on any atom is 0.351 e. The molecule has 29 heavy (non-hydrogen) atoms. The van der Waals surface area contributed by atoms with Crippen LogP contribution in [0.2, 0.25) is 0 Å². The van der Waals surface area contributed by atoms with Crippen molar-refractivity contribution in [3.63, 3.8) is 0 Å². The number of ether oxygens (including phenoxy) is 3. The monoisotopic (exact) mass is 390 g/mol. The third-order valence-electron chi connectivity index (χ3n) is 4.66. The molecule has 0 aliphatic heterocycles. The number of hydrogen-bond donors (Lipinski definition) is 0. The first kappa shape index (κ1) is 18.6. The van der Waals surface area contributed by atoms with E-state index in [1.165, 1.54) is 14.2 Å². The number of carbonyl (C=O) groups excluding carboxylic acids is 1. The van der Waals surface area contributed by atoms with Gasteiger partial charge in [0.05, 0.1) is 19.6 Å². The molecule has 0 fully saturated rings. The number of esters is 1. The Bertz CT molecular complexity index is 1240. The van der Waals surface area contributed by atoms with Crippen molar-refractivity contribution in [1.82, 2.24) is 0 Å². The highest BCUT2D eigenvalue weighted by Crippen LogP contribution is 2.30. The van der Waals surface area contributed by atoms with E-state index in [4.69, 9.17) is 18.6 Å². The van der Waals surface area contributed by atoms with Crippen molar-refractivity contribution < 1.29 is 23.4 Å². The number of methoxy groups -OCH3 is 2. The first-order valence-electron chi connectivity index (χ1n) is 8.95. The number of rotatable bonds is 5. The van der Waals surface area contributed by atoms with Crippen LogP contribution in [0.15, 0.2) is 75.9 Å². The minimum atomic E-state index is -0.935. The molecule has 1 heterocycles. The van der Waals surface area contributed by atoms with Crippen LogP contribution in [-0.4, -0.2) is 20.2 Å². The largest absolute Gasteiger partial charge is 0.497 e. The Morgan fingerprint density at radius 3 is 2.31 bits per heavy atom. The Morgan fingerprint density at radius 1 is 0.862 bits per heavy atom. The lowest BCUT2D eigenvalue weighted by molar-refractivity contribution is -0.149. The van der Waals surface area contributed by atoms with E-state index in [9.17, 15) is 9.59 Å². The average Bonchev–Trinajstić information content (AvgIpc) is 2.77. The number of fused-ring (bicyclic) bond motifs is 3. The van der Waals surface area contributed by atoms with Gasteiger partial charge in [0.2, 0.25) is 6.10 Å². The van der Waals surface area contributed by atoms with Crippen LogP contribution in [0, 0.1) is 0 Å². The lowest BCUT2D eigenvalue weighted by Gasteiger charge is -2.17. The average molecular weight is 390 g/mol. The standard InChI is InChI=1S/C23H18O6/c1-26-15-8-10-17-18-11-9-16(13-20(18)29-22(24)19(17)12-15)28-21(23(25)27-2)14-6-4-3-5-7-14/h3-13,21H,1-2H3/t21-/m1/s1. The molecule has 1 aromatic heterocycles. The van der Waals surface area contributed by atoms with Gasteiger partial charge in [0.1, 0.15) is 17.1 Å². The first-order chi connectivity index (χ1) is 14.1. The summed E-state index contributed by atoms with van der Waals surface area (Å²) >= 11 is 0. The van der Waals surface area contributed by atoms with Crippen LogP contribution in [0.3, 0.4) is 0 Å². The highest BCUT2D eigenvalue weighted by atomic mass is 16.6. The van der Waals surface area contributed by atoms with Crippen LogP contribution in [0.5, 0.6) is 11.5 Å². The molecule has 6 heteroatoms. The van der Waals surface area contributed by atoms with Crippen molar-refractivity contribution in [2.45, 2.75) is 6.10 Å². The lowest BCUT2D eigenvalue weighted by atomic mass is 10.1. The molecule has 0 spiro atoms. The molecule has 1 atom stereocenters. The second-order valence-corrected chi connectivity index (χ2v) is 6.39. The van der Waals surface area contributed by atoms with Crippen molar-refractivity contribution in [3.05, 3.63) is 82.7 Å². The first-order valence-corrected chi connectivity index (χ1v) is 8.95. The van der Waals surface area contributed by atoms with Gasteiger partial charge < -0.3 is 18.6 Å². The summed E-state index contributed by atoms with van der Waals surface area (Å²) in [5.74, 6) is 0.434. The molecule has 0 radical (unpaired) electrons. The van der Waals surface area contributed by atoms with Gasteiger partial charge in [0.15, 0.2) is 0 Å². The minimum Gasteiger partial charge on any atom is -0.497 e. The van der Waals surface area contributed by atoms with E-state index in [-0.39, 0.29) is 0 Å². The lowest BCUT2D eigenvalue weighted by Crippen LogP contribution is -2.20. The maximum atomic E-state index is 12.4. The van der Waals surface area contributed by atoms with E-state index in [0.29, 0.717) is 28.0 Å². The third-order valence-corrected chi connectivity index (χ3v) is 4.66. The molecule has 0 N–H and O–H groups in total. The van der Waals surface area contributed by atoms with Crippen molar-refractivity contribution in [1.29, 1.82) is 0 Å². The zero-order chi connectivity index (χ0) is 20.4. The molecule has 0 amide bonds. The summed E-state index contributed by atoms with van der Waals surface area (Å²) in [6.45, 7) is 0. The van der Waals surface area contributed by atoms with Gasteiger partial charge in [0.25, 0.3) is 0 Å². The molecule has 0 saturated heterocycles. The van der Waals surface area contributed by atoms with Gasteiger partial charge in [0, 0.05) is 22.4 Å². The van der Waals surface area contributed by atoms with E-state index in [1.807, 2.05) is 24.3 Å². The van der Waals surface area contributed by atoms with E-state index < -0.39 is 17.7 Å². The molecule has 0 bridgehead atoms. The molecule has 0 aliphatic rings. The Morgan fingerprint density at radius 2 is 1.59 bits per heavy atom. The van der Waals surface area contributed by atoms with Crippen molar-refractivity contribution in [2.75, 3.05) is 14.2 Å². The fraction of sp³-hybridized carbons (Fsp3) is 0.130. The van der Waals surface area contributed by atoms with Crippen LogP contribution in [0.4, 0.5) is 0 Å². The van der Waals surface area contributed by atoms with E-state index in [1.54, 1.807) is 42.5 Å². The van der Waals surface area contributed by atoms with Gasteiger partial charge in [-0.15, -0.1) is 0 Å². The maximum absolute atomic E-state index is 12.4. The molecule has 0 unspecified atom stereocenters. The molecule has 6 nitrogen and oxygen atoms in total. The quantitative estimate of drug-likeness (QED) is 0.288. The topological polar surface area (TPSA) is 75.0 Å². The molecule has 0 aliphatic carbocycles. The molecular formula is C23H18O6. The van der Waals surface area contributed by atoms with Crippen molar-refractivity contribution in [3.8, 4) is 11.5 Å². The summed E-state index contributed by atoms with van der Waals surface area (Å²) in [4.78, 5) is 24.7. The molecule has 0 saturated carbocycles. The Labute approximate surface area is 166 Å². The van der Waals surface area contributed by atoms with Crippen LogP contribution in [0.25, 0.3) is 21.7 Å². The number of hydrogen-bond acceptors (Lipinski definition) is 6. The Hall–Kier alpha value is -3.80. The highest BCUT2D eigenvalue weighted by molar-refractivity contribution is 6.04. The second kappa shape index (κ2) is 7.67. The SMILES string of the molecule is COC(=O)[C@H](Oc1ccc2c(c1)oc(=O)c1cc(OC)ccc12)c1ccccc1. The van der Waals surface area contributed by atoms with Gasteiger partial charge in [-0.3, -0.25) is 0 Å². The highest BCUT2D eigenvalue weighted by Gasteiger charge is 2.23. The zero-order valence-electron chi connectivity index (χ0n) is 15.9. The van der Waals surface area contributed by atoms with Crippen LogP contribution in [-0.2, 0) is 9.53 Å². The summed E-state index contributed by atoms with van der Waals surface area (Å²) < 4.78 is 21.4. The summed E-state index contributed by atoms with van der Waals surface area (Å²) in [5, 5.41) is 1.93. The summed E-state index contributed by atoms with van der Waals surface area (Å²) in [6.07, 6.45) is -0.935. The third kappa shape index (κ3) is 3.52. The van der Waals surface area contributed by atoms with Crippen LogP contribution in [0.1, 0.15) is 11.7 Å². The Balaban J connectivity index is 1.78. The summed E-state index contributed by atoms with van der Waals surface area (Å²) in [7, 11) is 2.85. The van der Waals surface area contributed by atoms with Gasteiger partial charge in [-0.2, -0.15) is 0 Å². The second-order valence-electron chi connectivity index (χ2n) is 6.39. The predicted molar refractivity (Wildman–Crippen MR) is 108 cm³/mol. The van der Waals surface area contributed by atoms with E-state index >= 15 is 0 Å². The zero-order valence-corrected chi connectivity index (χ0v) is 15.9. The fourth-order valence-corrected chi connectivity index (χ4v) is 3.22. The summed E-state index contributed by atoms with van der Waals surface area (Å²) in [6, 6.07) is 19.4. The van der Waals surface area contributed by atoms with Crippen LogP contribution < -0.4 is 15.1 Å². The molecule has 4 aromatic rings. The van der Waals surface area contributed by atoms with Crippen LogP contribution >= 0.6 is 0 Å². The number of carbonyl (C=O) groups is 1. The van der Waals surface area contributed by atoms with Crippen molar-refractivity contribution in [2.24, 2.45) is 0 Å². The van der Waals surface area contributed by atoms with Gasteiger partial charge in [-0.1, -0.05) is 30.3 Å². The molecule has 3 aromatic carbocycles. The van der Waals surface area contributed by atoms with Crippen molar-refractivity contribution >= 4 is 27.7 Å². The molecule has 146 valence electrons. The van der Waals surface area contributed by atoms with E-state index in [2.05, 4.69) is 0 Å². The fourth-order valence-electron chi connectivity index (χ4n) is 3.22. The Kier molecular flexibility index (Phi) is 4.91. The molecular weight excluding hydrogens is 372 g/mol. The molecule has 4 rings (SSSR count). The predicted octanol–water partition coefficient (Wildman–Crippen LogP) is 4.25. The van der Waals surface area contributed by atoms with Gasteiger partial charge >= 0.3 is 11.6 Å². The number of benzene rings is 3. The summed E-state index contributed by atoms with van der Waals surface area (Å²) in [5.41, 5.74) is 0.546. The normalized spacial score (nSPS) is 11.9. The van der Waals surface area contributed by atoms with E-state index in [0.717, 1.165) is 10.8 Å². The minimum absolute atomic E-state index is 0.363.